The van der Waals surface area contributed by atoms with Crippen molar-refractivity contribution in [3.8, 4) is 5.69 Å². The van der Waals surface area contributed by atoms with E-state index in [0.717, 1.165) is 55.7 Å². The van der Waals surface area contributed by atoms with Gasteiger partial charge in [-0.3, -0.25) is 0 Å². The fourth-order valence-electron chi connectivity index (χ4n) is 6.07. The Morgan fingerprint density at radius 2 is 1.19 bits per heavy atom. The molecule has 3 heteroatoms. The number of rotatable bonds is 6. The van der Waals surface area contributed by atoms with Crippen LogP contribution >= 0.6 is 0 Å². The van der Waals surface area contributed by atoms with Crippen molar-refractivity contribution in [2.24, 2.45) is 0 Å². The van der Waals surface area contributed by atoms with Crippen LogP contribution in [-0.2, 0) is 5.60 Å². The predicted octanol–water partition coefficient (Wildman–Crippen LogP) is 9.43. The summed E-state index contributed by atoms with van der Waals surface area (Å²) in [6, 6.07) is 49.9. The van der Waals surface area contributed by atoms with Crippen molar-refractivity contribution in [3.05, 3.63) is 173 Å². The molecule has 0 aliphatic heterocycles. The van der Waals surface area contributed by atoms with Crippen LogP contribution in [0.1, 0.15) is 27.8 Å². The summed E-state index contributed by atoms with van der Waals surface area (Å²) >= 11 is 0. The summed E-state index contributed by atoms with van der Waals surface area (Å²) in [6.07, 6.45) is 0. The van der Waals surface area contributed by atoms with E-state index in [9.17, 15) is 5.11 Å². The number of aliphatic hydroxyl groups is 1. The molecule has 0 aliphatic rings. The number of benzene rings is 6. The number of nitrogens with one attached hydrogen (secondary N) is 1. The van der Waals surface area contributed by atoms with E-state index in [0.29, 0.717) is 0 Å². The van der Waals surface area contributed by atoms with Crippen LogP contribution in [0.15, 0.2) is 146 Å². The Labute approximate surface area is 246 Å². The van der Waals surface area contributed by atoms with Crippen molar-refractivity contribution in [2.75, 3.05) is 5.32 Å². The van der Waals surface area contributed by atoms with Gasteiger partial charge in [-0.15, -0.1) is 0 Å². The summed E-state index contributed by atoms with van der Waals surface area (Å²) in [5.41, 5.74) is 8.37. The highest BCUT2D eigenvalue weighted by molar-refractivity contribution is 6.09. The van der Waals surface area contributed by atoms with Crippen LogP contribution in [0.3, 0.4) is 0 Å². The van der Waals surface area contributed by atoms with E-state index in [-0.39, 0.29) is 0 Å². The van der Waals surface area contributed by atoms with Gasteiger partial charge in [-0.2, -0.15) is 0 Å². The van der Waals surface area contributed by atoms with Crippen LogP contribution in [0.25, 0.3) is 27.5 Å². The minimum absolute atomic E-state index is 0.802. The van der Waals surface area contributed by atoms with Crippen molar-refractivity contribution in [3.63, 3.8) is 0 Å². The molecule has 2 N–H and O–H groups in total. The van der Waals surface area contributed by atoms with Crippen LogP contribution in [0.2, 0.25) is 0 Å². The maximum absolute atomic E-state index is 13.1. The molecule has 0 amide bonds. The first kappa shape index (κ1) is 25.8. The first-order valence-electron chi connectivity index (χ1n) is 14.3. The molecule has 1 aromatic heterocycles. The molecule has 0 fully saturated rings. The zero-order valence-electron chi connectivity index (χ0n) is 23.8. The van der Waals surface area contributed by atoms with Crippen molar-refractivity contribution in [1.29, 1.82) is 0 Å². The lowest BCUT2D eigenvalue weighted by atomic mass is 9.78. The summed E-state index contributed by atoms with van der Waals surface area (Å²) < 4.78 is 2.29. The molecule has 204 valence electrons. The minimum atomic E-state index is -1.42. The van der Waals surface area contributed by atoms with Crippen LogP contribution in [0.4, 0.5) is 11.4 Å². The van der Waals surface area contributed by atoms with E-state index in [1.165, 1.54) is 10.9 Å². The first-order chi connectivity index (χ1) is 20.5. The van der Waals surface area contributed by atoms with Crippen LogP contribution in [0.5, 0.6) is 0 Å². The van der Waals surface area contributed by atoms with Crippen molar-refractivity contribution in [2.45, 2.75) is 19.4 Å². The van der Waals surface area contributed by atoms with Crippen LogP contribution in [0, 0.1) is 13.8 Å². The molecule has 0 aliphatic carbocycles. The zero-order valence-corrected chi connectivity index (χ0v) is 23.8. The average molecular weight is 545 g/mol. The van der Waals surface area contributed by atoms with Gasteiger partial charge in [-0.05, 0) is 67.4 Å². The predicted molar refractivity (Wildman–Crippen MR) is 175 cm³/mol. The molecular weight excluding hydrogens is 512 g/mol. The number of hydrogen-bond donors (Lipinski definition) is 2. The van der Waals surface area contributed by atoms with Gasteiger partial charge in [-0.1, -0.05) is 114 Å². The average Bonchev–Trinajstić information content (AvgIpc) is 3.37. The zero-order chi connectivity index (χ0) is 28.7. The van der Waals surface area contributed by atoms with Gasteiger partial charge in [-0.25, -0.2) is 0 Å². The maximum Gasteiger partial charge on any atom is 0.142 e. The lowest BCUT2D eigenvalue weighted by Crippen LogP contribution is -2.30. The van der Waals surface area contributed by atoms with E-state index in [1.54, 1.807) is 0 Å². The highest BCUT2D eigenvalue weighted by Gasteiger charge is 2.37. The molecule has 7 aromatic rings. The standard InChI is InChI=1S/C39H32N2O/c1-27-17-21-31(22-18-27)40-36-24-19-28(2)25-35(36)39(42,29-11-5-3-6-12-29)30-20-23-34-33-15-9-10-16-37(33)41(38(34)26-30)32-13-7-4-8-14-32/h3-26,40,42H,1-2H3. The Hall–Kier alpha value is -5.12. The van der Waals surface area contributed by atoms with Gasteiger partial charge in [0.2, 0.25) is 0 Å². The van der Waals surface area contributed by atoms with Crippen molar-refractivity contribution in [1.82, 2.24) is 4.57 Å². The summed E-state index contributed by atoms with van der Waals surface area (Å²) in [5, 5.41) is 19.0. The van der Waals surface area contributed by atoms with Gasteiger partial charge in [0.15, 0.2) is 0 Å². The number of nitrogens with zero attached hydrogens (tertiary/aromatic N) is 1. The van der Waals surface area contributed by atoms with Crippen LogP contribution in [-0.4, -0.2) is 9.67 Å². The number of hydrogen-bond acceptors (Lipinski definition) is 2. The molecule has 7 rings (SSSR count). The van der Waals surface area contributed by atoms with E-state index in [4.69, 9.17) is 0 Å². The molecule has 1 atom stereocenters. The third-order valence-electron chi connectivity index (χ3n) is 8.19. The van der Waals surface area contributed by atoms with Crippen LogP contribution < -0.4 is 5.32 Å². The molecule has 0 spiro atoms. The first-order valence-corrected chi connectivity index (χ1v) is 14.3. The molecule has 42 heavy (non-hydrogen) atoms. The summed E-state index contributed by atoms with van der Waals surface area (Å²) in [5.74, 6) is 0. The van der Waals surface area contributed by atoms with E-state index >= 15 is 0 Å². The molecule has 6 aromatic carbocycles. The number of fused-ring (bicyclic) bond motifs is 3. The van der Waals surface area contributed by atoms with Crippen molar-refractivity contribution < 1.29 is 5.11 Å². The van der Waals surface area contributed by atoms with Gasteiger partial charge < -0.3 is 15.0 Å². The van der Waals surface area contributed by atoms with Gasteiger partial charge >= 0.3 is 0 Å². The molecule has 0 saturated carbocycles. The number of para-hydroxylation sites is 2. The highest BCUT2D eigenvalue weighted by Crippen LogP contribution is 2.43. The molecule has 1 heterocycles. The number of anilines is 2. The fourth-order valence-corrected chi connectivity index (χ4v) is 6.07. The lowest BCUT2D eigenvalue weighted by molar-refractivity contribution is 0.126. The number of aryl methyl sites for hydroxylation is 2. The summed E-state index contributed by atoms with van der Waals surface area (Å²) in [7, 11) is 0. The SMILES string of the molecule is Cc1ccc(Nc2ccc(C)cc2C(O)(c2ccccc2)c2ccc3c4ccccc4n(-c4ccccc4)c3c2)cc1. The van der Waals surface area contributed by atoms with Crippen molar-refractivity contribution >= 4 is 33.2 Å². The monoisotopic (exact) mass is 544 g/mol. The molecular formula is C39H32N2O. The largest absolute Gasteiger partial charge is 0.376 e. The smallest absolute Gasteiger partial charge is 0.142 e. The maximum atomic E-state index is 13.1. The van der Waals surface area contributed by atoms with Gasteiger partial charge in [0.1, 0.15) is 5.60 Å². The van der Waals surface area contributed by atoms with Gasteiger partial charge in [0, 0.05) is 33.4 Å². The Morgan fingerprint density at radius 1 is 0.548 bits per heavy atom. The summed E-state index contributed by atoms with van der Waals surface area (Å²) in [4.78, 5) is 0. The van der Waals surface area contributed by atoms with E-state index in [1.807, 2.05) is 36.4 Å². The Kier molecular flexibility index (Phi) is 6.38. The normalized spacial score (nSPS) is 12.8. The second-order valence-corrected chi connectivity index (χ2v) is 11.0. The quantitative estimate of drug-likeness (QED) is 0.205. The minimum Gasteiger partial charge on any atom is -0.376 e. The van der Waals surface area contributed by atoms with Gasteiger partial charge in [0.05, 0.1) is 11.0 Å². The molecule has 0 radical (unpaired) electrons. The Balaban J connectivity index is 1.50. The second kappa shape index (κ2) is 10.4. The Morgan fingerprint density at radius 3 is 1.95 bits per heavy atom. The molecule has 3 nitrogen and oxygen atoms in total. The molecule has 1 unspecified atom stereocenters. The van der Waals surface area contributed by atoms with E-state index in [2.05, 4.69) is 133 Å². The topological polar surface area (TPSA) is 37.2 Å². The van der Waals surface area contributed by atoms with E-state index < -0.39 is 5.60 Å². The molecule has 0 saturated heterocycles. The third kappa shape index (κ3) is 4.36. The number of aromatic nitrogens is 1. The Bertz CT molecular complexity index is 2030. The molecule has 0 bridgehead atoms. The third-order valence-corrected chi connectivity index (χ3v) is 8.19. The summed E-state index contributed by atoms with van der Waals surface area (Å²) in [6.45, 7) is 4.15. The van der Waals surface area contributed by atoms with Gasteiger partial charge in [0.25, 0.3) is 0 Å². The second-order valence-electron chi connectivity index (χ2n) is 11.0. The fraction of sp³-hybridized carbons (Fsp3) is 0.0769. The lowest BCUT2D eigenvalue weighted by Gasteiger charge is -2.32. The highest BCUT2D eigenvalue weighted by atomic mass is 16.3.